The van der Waals surface area contributed by atoms with Gasteiger partial charge in [-0.2, -0.15) is 0 Å². The molecule has 2 heterocycles. The van der Waals surface area contributed by atoms with Crippen LogP contribution in [0.5, 0.6) is 5.75 Å². The van der Waals surface area contributed by atoms with E-state index in [-0.39, 0.29) is 0 Å². The Bertz CT molecular complexity index is 455. The summed E-state index contributed by atoms with van der Waals surface area (Å²) in [5.41, 5.74) is 6.65. The predicted octanol–water partition coefficient (Wildman–Crippen LogP) is 2.01. The maximum absolute atomic E-state index is 5.64. The molecule has 5 heteroatoms. The van der Waals surface area contributed by atoms with Crippen molar-refractivity contribution in [1.82, 2.24) is 9.97 Å². The minimum Gasteiger partial charge on any atom is -0.483 e. The number of rotatable bonds is 3. The van der Waals surface area contributed by atoms with E-state index in [0.29, 0.717) is 18.2 Å². The molecule has 0 atom stereocenters. The highest BCUT2D eigenvalue weighted by Crippen LogP contribution is 2.19. The summed E-state index contributed by atoms with van der Waals surface area (Å²) in [6.07, 6.45) is 1.63. The maximum Gasteiger partial charge on any atom is 0.166 e. The molecule has 0 saturated heterocycles. The zero-order chi connectivity index (χ0) is 10.7. The first kappa shape index (κ1) is 9.92. The smallest absolute Gasteiger partial charge is 0.166 e. The molecule has 0 aliphatic rings. The lowest BCUT2D eigenvalue weighted by Gasteiger charge is -2.05. The van der Waals surface area contributed by atoms with E-state index in [9.17, 15) is 0 Å². The summed E-state index contributed by atoms with van der Waals surface area (Å²) in [6.45, 7) is 2.40. The first-order valence-corrected chi connectivity index (χ1v) is 5.38. The second kappa shape index (κ2) is 4.27. The number of pyridine rings is 1. The standard InChI is InChI=1S/C10H11N3OS/c1-7-6-15-9(13-7)5-14-8-3-2-4-12-10(8)11/h2-4,6H,5H2,1H3,(H2,11,12). The average molecular weight is 221 g/mol. The Balaban J connectivity index is 2.02. The van der Waals surface area contributed by atoms with Crippen molar-refractivity contribution in [3.63, 3.8) is 0 Å². The van der Waals surface area contributed by atoms with Crippen LogP contribution in [0.15, 0.2) is 23.7 Å². The van der Waals surface area contributed by atoms with Gasteiger partial charge in [0.2, 0.25) is 0 Å². The fourth-order valence-electron chi connectivity index (χ4n) is 1.13. The summed E-state index contributed by atoms with van der Waals surface area (Å²) in [5, 5.41) is 2.93. The molecule has 2 aromatic rings. The van der Waals surface area contributed by atoms with Gasteiger partial charge in [0, 0.05) is 17.3 Å². The Morgan fingerprint density at radius 3 is 3.07 bits per heavy atom. The molecule has 0 unspecified atom stereocenters. The van der Waals surface area contributed by atoms with Crippen LogP contribution in [0.25, 0.3) is 0 Å². The second-order valence-corrected chi connectivity index (χ2v) is 4.00. The molecular formula is C10H11N3OS. The van der Waals surface area contributed by atoms with E-state index in [0.717, 1.165) is 10.7 Å². The van der Waals surface area contributed by atoms with Crippen LogP contribution in [-0.2, 0) is 6.61 Å². The van der Waals surface area contributed by atoms with Gasteiger partial charge in [-0.05, 0) is 19.1 Å². The number of thiazole rings is 1. The summed E-state index contributed by atoms with van der Waals surface area (Å²) in [6, 6.07) is 3.58. The summed E-state index contributed by atoms with van der Waals surface area (Å²) in [5.74, 6) is 1.01. The largest absolute Gasteiger partial charge is 0.483 e. The van der Waals surface area contributed by atoms with Crippen molar-refractivity contribution in [2.24, 2.45) is 0 Å². The number of hydrogen-bond donors (Lipinski definition) is 1. The topological polar surface area (TPSA) is 61.0 Å². The Morgan fingerprint density at radius 1 is 1.53 bits per heavy atom. The fourth-order valence-corrected chi connectivity index (χ4v) is 1.82. The highest BCUT2D eigenvalue weighted by atomic mass is 32.1. The Labute approximate surface area is 91.8 Å². The monoisotopic (exact) mass is 221 g/mol. The van der Waals surface area contributed by atoms with Crippen LogP contribution in [0.1, 0.15) is 10.7 Å². The van der Waals surface area contributed by atoms with Crippen LogP contribution in [-0.4, -0.2) is 9.97 Å². The molecule has 0 bridgehead atoms. The first-order chi connectivity index (χ1) is 7.25. The van der Waals surface area contributed by atoms with Gasteiger partial charge in [-0.15, -0.1) is 11.3 Å². The zero-order valence-corrected chi connectivity index (χ0v) is 9.12. The third-order valence-electron chi connectivity index (χ3n) is 1.82. The summed E-state index contributed by atoms with van der Waals surface area (Å²) in [4.78, 5) is 8.22. The Kier molecular flexibility index (Phi) is 2.82. The SMILES string of the molecule is Cc1csc(COc2cccnc2N)n1. The van der Waals surface area contributed by atoms with E-state index in [1.54, 1.807) is 29.7 Å². The molecule has 0 fully saturated rings. The van der Waals surface area contributed by atoms with Gasteiger partial charge in [0.05, 0.1) is 0 Å². The lowest BCUT2D eigenvalue weighted by atomic mass is 10.4. The molecule has 78 valence electrons. The number of aryl methyl sites for hydroxylation is 1. The third-order valence-corrected chi connectivity index (χ3v) is 2.76. The van der Waals surface area contributed by atoms with Gasteiger partial charge in [0.15, 0.2) is 11.6 Å². The molecule has 2 aromatic heterocycles. The van der Waals surface area contributed by atoms with E-state index in [1.165, 1.54) is 0 Å². The average Bonchev–Trinajstić information content (AvgIpc) is 2.63. The zero-order valence-electron chi connectivity index (χ0n) is 8.30. The third kappa shape index (κ3) is 2.44. The number of anilines is 1. The van der Waals surface area contributed by atoms with Crippen molar-refractivity contribution in [1.29, 1.82) is 0 Å². The van der Waals surface area contributed by atoms with Gasteiger partial charge < -0.3 is 10.5 Å². The van der Waals surface area contributed by atoms with Crippen molar-refractivity contribution in [2.75, 3.05) is 5.73 Å². The first-order valence-electron chi connectivity index (χ1n) is 4.50. The number of hydrogen-bond acceptors (Lipinski definition) is 5. The summed E-state index contributed by atoms with van der Waals surface area (Å²) >= 11 is 1.58. The molecule has 2 N–H and O–H groups in total. The lowest BCUT2D eigenvalue weighted by molar-refractivity contribution is 0.306. The Hall–Kier alpha value is -1.62. The van der Waals surface area contributed by atoms with Crippen molar-refractivity contribution in [3.8, 4) is 5.75 Å². The van der Waals surface area contributed by atoms with E-state index >= 15 is 0 Å². The minimum atomic E-state index is 0.408. The molecule has 0 aromatic carbocycles. The van der Waals surface area contributed by atoms with Gasteiger partial charge in [0.1, 0.15) is 11.6 Å². The van der Waals surface area contributed by atoms with Crippen LogP contribution in [0, 0.1) is 6.92 Å². The molecule has 0 radical (unpaired) electrons. The predicted molar refractivity (Wildman–Crippen MR) is 59.8 cm³/mol. The molecule has 0 aliphatic heterocycles. The van der Waals surface area contributed by atoms with E-state index in [1.807, 2.05) is 12.3 Å². The van der Waals surface area contributed by atoms with Crippen LogP contribution in [0.3, 0.4) is 0 Å². The van der Waals surface area contributed by atoms with Crippen LogP contribution < -0.4 is 10.5 Å². The van der Waals surface area contributed by atoms with Gasteiger partial charge in [0.25, 0.3) is 0 Å². The lowest BCUT2D eigenvalue weighted by Crippen LogP contribution is -1.99. The molecular weight excluding hydrogens is 210 g/mol. The molecule has 0 amide bonds. The van der Waals surface area contributed by atoms with E-state index in [2.05, 4.69) is 9.97 Å². The van der Waals surface area contributed by atoms with Crippen LogP contribution >= 0.6 is 11.3 Å². The van der Waals surface area contributed by atoms with Gasteiger partial charge in [-0.1, -0.05) is 0 Å². The number of aromatic nitrogens is 2. The van der Waals surface area contributed by atoms with Crippen LogP contribution in [0.2, 0.25) is 0 Å². The molecule has 15 heavy (non-hydrogen) atoms. The number of nitrogens with zero attached hydrogens (tertiary/aromatic N) is 2. The van der Waals surface area contributed by atoms with E-state index < -0.39 is 0 Å². The van der Waals surface area contributed by atoms with Crippen molar-refractivity contribution < 1.29 is 4.74 Å². The minimum absolute atomic E-state index is 0.408. The molecule has 0 aliphatic carbocycles. The highest BCUT2D eigenvalue weighted by molar-refractivity contribution is 7.09. The van der Waals surface area contributed by atoms with Crippen molar-refractivity contribution in [3.05, 3.63) is 34.4 Å². The van der Waals surface area contributed by atoms with Crippen LogP contribution in [0.4, 0.5) is 5.82 Å². The quantitative estimate of drug-likeness (QED) is 0.861. The molecule has 4 nitrogen and oxygen atoms in total. The maximum atomic E-state index is 5.64. The summed E-state index contributed by atoms with van der Waals surface area (Å²) in [7, 11) is 0. The van der Waals surface area contributed by atoms with Gasteiger partial charge in [-0.25, -0.2) is 9.97 Å². The molecule has 0 saturated carbocycles. The van der Waals surface area contributed by atoms with Crippen molar-refractivity contribution >= 4 is 17.2 Å². The highest BCUT2D eigenvalue weighted by Gasteiger charge is 2.02. The fraction of sp³-hybridized carbons (Fsp3) is 0.200. The summed E-state index contributed by atoms with van der Waals surface area (Å²) < 4.78 is 5.50. The second-order valence-electron chi connectivity index (χ2n) is 3.06. The van der Waals surface area contributed by atoms with E-state index in [4.69, 9.17) is 10.5 Å². The normalized spacial score (nSPS) is 10.2. The number of nitrogen functional groups attached to an aromatic ring is 1. The molecule has 0 spiro atoms. The Morgan fingerprint density at radius 2 is 2.40 bits per heavy atom. The number of ether oxygens (including phenoxy) is 1. The van der Waals surface area contributed by atoms with Gasteiger partial charge >= 0.3 is 0 Å². The van der Waals surface area contributed by atoms with Gasteiger partial charge in [-0.3, -0.25) is 0 Å². The van der Waals surface area contributed by atoms with Crippen molar-refractivity contribution in [2.45, 2.75) is 13.5 Å². The number of nitrogens with two attached hydrogens (primary N) is 1. The molecule has 2 rings (SSSR count).